The van der Waals surface area contributed by atoms with E-state index in [4.69, 9.17) is 14.6 Å². The van der Waals surface area contributed by atoms with Gasteiger partial charge in [-0.05, 0) is 50.5 Å². The summed E-state index contributed by atoms with van der Waals surface area (Å²) in [6, 6.07) is 3.74. The molecule has 2 aromatic carbocycles. The molecule has 3 fully saturated rings. The van der Waals surface area contributed by atoms with E-state index in [1.807, 2.05) is 0 Å². The molecule has 0 aliphatic carbocycles. The number of thiophene rings is 1. The summed E-state index contributed by atoms with van der Waals surface area (Å²) >= 11 is 0.641. The molecule has 0 saturated carbocycles. The number of alkyl halides is 5. The van der Waals surface area contributed by atoms with E-state index in [2.05, 4.69) is 15.3 Å². The lowest BCUT2D eigenvalue weighted by Crippen LogP contribution is -2.51. The molecule has 0 spiro atoms. The Labute approximate surface area is 284 Å². The summed E-state index contributed by atoms with van der Waals surface area (Å²) in [5.41, 5.74) is 0.735. The van der Waals surface area contributed by atoms with Crippen LogP contribution in [0.25, 0.3) is 32.1 Å². The molecule has 0 radical (unpaired) electrons. The smallest absolute Gasteiger partial charge is 0.417 e. The van der Waals surface area contributed by atoms with E-state index in [0.717, 1.165) is 35.9 Å². The molecule has 8 nitrogen and oxygen atoms in total. The number of likely N-dealkylation sites (tertiary alicyclic amines) is 1. The molecule has 4 aromatic rings. The second-order valence-electron chi connectivity index (χ2n) is 13.2. The molecular weight excluding hydrogens is 675 g/mol. The van der Waals surface area contributed by atoms with Gasteiger partial charge < -0.3 is 25.6 Å². The van der Waals surface area contributed by atoms with Crippen LogP contribution in [0.15, 0.2) is 18.2 Å². The van der Waals surface area contributed by atoms with E-state index in [9.17, 15) is 31.6 Å². The van der Waals surface area contributed by atoms with Crippen molar-refractivity contribution >= 4 is 43.1 Å². The zero-order valence-corrected chi connectivity index (χ0v) is 26.8. The van der Waals surface area contributed by atoms with Crippen molar-refractivity contribution in [2.45, 2.75) is 50.9 Å². The number of nitrogens with zero attached hydrogens (tertiary/aromatic N) is 5. The molecule has 2 aromatic heterocycles. The third-order valence-electron chi connectivity index (χ3n) is 9.90. The summed E-state index contributed by atoms with van der Waals surface area (Å²) in [6.07, 6.45) is -6.54. The highest BCUT2D eigenvalue weighted by Gasteiger charge is 2.45. The maximum Gasteiger partial charge on any atom is 0.417 e. The summed E-state index contributed by atoms with van der Waals surface area (Å²) < 4.78 is 135. The van der Waals surface area contributed by atoms with Gasteiger partial charge >= 0.3 is 12.2 Å². The van der Waals surface area contributed by atoms with Crippen LogP contribution < -0.4 is 20.7 Å². The fourth-order valence-corrected chi connectivity index (χ4v) is 8.50. The highest BCUT2D eigenvalue weighted by molar-refractivity contribution is 7.23. The maximum absolute atomic E-state index is 17.1. The van der Waals surface area contributed by atoms with E-state index >= 15 is 4.39 Å². The van der Waals surface area contributed by atoms with E-state index in [0.29, 0.717) is 24.4 Å². The van der Waals surface area contributed by atoms with Crippen LogP contribution in [0.2, 0.25) is 0 Å². The number of rotatable bonds is 6. The van der Waals surface area contributed by atoms with Gasteiger partial charge in [0.05, 0.1) is 22.4 Å². The number of nitriles is 1. The zero-order valence-electron chi connectivity index (χ0n) is 29.0. The lowest BCUT2D eigenvalue weighted by Gasteiger charge is -2.44. The van der Waals surface area contributed by atoms with Crippen LogP contribution in [0, 0.1) is 34.3 Å². The average molecular weight is 711 g/mol. The Morgan fingerprint density at radius 2 is 1.94 bits per heavy atom. The van der Waals surface area contributed by atoms with Crippen molar-refractivity contribution in [3.8, 4) is 23.2 Å². The van der Waals surface area contributed by atoms with E-state index < -0.39 is 77.4 Å². The Kier molecular flexibility index (Phi) is 7.41. The molecule has 0 amide bonds. The first-order chi connectivity index (χ1) is 24.4. The first-order valence-corrected chi connectivity index (χ1v) is 16.4. The first kappa shape index (κ1) is 29.9. The van der Waals surface area contributed by atoms with E-state index in [1.54, 1.807) is 11.0 Å². The van der Waals surface area contributed by atoms with Gasteiger partial charge in [0, 0.05) is 63.5 Å². The van der Waals surface area contributed by atoms with Crippen molar-refractivity contribution in [3.05, 3.63) is 41.0 Å². The molecule has 2 bridgehead atoms. The van der Waals surface area contributed by atoms with Crippen LogP contribution in [0.1, 0.15) is 41.4 Å². The monoisotopic (exact) mass is 710 g/mol. The lowest BCUT2D eigenvalue weighted by molar-refractivity contribution is -0.137. The number of halogens is 7. The van der Waals surface area contributed by atoms with Crippen LogP contribution in [-0.2, 0) is 6.18 Å². The standard InChI is InChI=1S/C33H32F7N7OS/c1-32(13-46(2)8-7-20(32)28(36)37)14-48-31-44-26-18(30(45-31)47-11-15-3-4-16(12-47)43-15)9-21(33(38,39)40)24(25(26)35)17-5-6-22(34)27-23(17)19(10-41)29(42)49-27/h5-6,9,15-16,20,28,43H,3-4,7-8,11-14,42H2,1-2H3/t15-,16+,20-,32+/m1/s1/i2D3. The quantitative estimate of drug-likeness (QED) is 0.211. The third-order valence-corrected chi connectivity index (χ3v) is 10.9. The molecule has 7 rings (SSSR count). The van der Waals surface area contributed by atoms with Crippen molar-refractivity contribution in [3.63, 3.8) is 0 Å². The molecular formula is C33H32F7N7OS. The lowest BCUT2D eigenvalue weighted by atomic mass is 9.73. The molecule has 3 aliphatic heterocycles. The molecule has 4 atom stereocenters. The number of nitrogen functional groups attached to an aromatic ring is 1. The highest BCUT2D eigenvalue weighted by atomic mass is 32.1. The number of nitrogens with one attached hydrogen (secondary N) is 1. The minimum Gasteiger partial charge on any atom is -0.463 e. The van der Waals surface area contributed by atoms with Crippen molar-refractivity contribution < 1.29 is 39.6 Å². The van der Waals surface area contributed by atoms with Gasteiger partial charge in [0.2, 0.25) is 6.43 Å². The van der Waals surface area contributed by atoms with Gasteiger partial charge in [-0.3, -0.25) is 0 Å². The number of benzene rings is 2. The first-order valence-electron chi connectivity index (χ1n) is 17.1. The number of hydrogen-bond acceptors (Lipinski definition) is 9. The van der Waals surface area contributed by atoms with Gasteiger partial charge in [-0.15, -0.1) is 11.3 Å². The molecule has 16 heteroatoms. The number of piperazine rings is 1. The Morgan fingerprint density at radius 3 is 2.59 bits per heavy atom. The number of fused-ring (bicyclic) bond motifs is 4. The fourth-order valence-electron chi connectivity index (χ4n) is 7.55. The second-order valence-corrected chi connectivity index (χ2v) is 14.3. The highest BCUT2D eigenvalue weighted by Crippen LogP contribution is 2.48. The minimum atomic E-state index is -5.15. The number of piperidine rings is 1. The van der Waals surface area contributed by atoms with Gasteiger partial charge in [-0.25, -0.2) is 17.6 Å². The third kappa shape index (κ3) is 5.79. The predicted molar refractivity (Wildman–Crippen MR) is 172 cm³/mol. The van der Waals surface area contributed by atoms with Gasteiger partial charge in [0.1, 0.15) is 28.2 Å². The summed E-state index contributed by atoms with van der Waals surface area (Å²) in [5.74, 6) is -3.67. The van der Waals surface area contributed by atoms with Crippen molar-refractivity contribution in [2.75, 3.05) is 50.4 Å². The van der Waals surface area contributed by atoms with E-state index in [-0.39, 0.29) is 63.4 Å². The normalized spacial score (nSPS) is 25.8. The molecule has 3 aliphatic rings. The van der Waals surface area contributed by atoms with Gasteiger partial charge in [-0.2, -0.15) is 28.4 Å². The topological polar surface area (TPSA) is 103 Å². The zero-order chi connectivity index (χ0) is 37.5. The average Bonchev–Trinajstić information content (AvgIpc) is 3.60. The van der Waals surface area contributed by atoms with Crippen LogP contribution >= 0.6 is 11.3 Å². The van der Waals surface area contributed by atoms with Crippen LogP contribution in [-0.4, -0.2) is 73.1 Å². The summed E-state index contributed by atoms with van der Waals surface area (Å²) in [4.78, 5) is 11.4. The number of anilines is 2. The largest absolute Gasteiger partial charge is 0.463 e. The Morgan fingerprint density at radius 1 is 1.20 bits per heavy atom. The Hall–Kier alpha value is -3.94. The van der Waals surface area contributed by atoms with Crippen LogP contribution in [0.5, 0.6) is 6.01 Å². The molecule has 49 heavy (non-hydrogen) atoms. The minimum absolute atomic E-state index is 0.0286. The molecule has 0 unspecified atom stereocenters. The van der Waals surface area contributed by atoms with Gasteiger partial charge in [-0.1, -0.05) is 13.0 Å². The molecule has 3 saturated heterocycles. The number of nitrogens with two attached hydrogens (primary N) is 1. The summed E-state index contributed by atoms with van der Waals surface area (Å²) in [5, 5.41) is 12.5. The van der Waals surface area contributed by atoms with Gasteiger partial charge in [0.25, 0.3) is 0 Å². The van der Waals surface area contributed by atoms with Crippen LogP contribution in [0.4, 0.5) is 41.6 Å². The molecule has 260 valence electrons. The number of hydrogen-bond donors (Lipinski definition) is 2. The SMILES string of the molecule is [2H]C([2H])([2H])N1CC[C@H](C(F)F)[C@](C)(COc2nc(N3C[C@H]4CC[C@@H](C3)N4)c3cc(C(F)(F)F)c(-c4ccc(F)c5sc(N)c(C#N)c45)c(F)c3n2)C1. The summed E-state index contributed by atoms with van der Waals surface area (Å²) in [7, 11) is 0. The van der Waals surface area contributed by atoms with Crippen LogP contribution in [0.3, 0.4) is 0 Å². The number of aromatic nitrogens is 2. The Balaban J connectivity index is 1.42. The summed E-state index contributed by atoms with van der Waals surface area (Å²) in [6.45, 7) is -1.40. The number of ether oxygens (including phenoxy) is 1. The van der Waals surface area contributed by atoms with Crippen molar-refractivity contribution in [2.24, 2.45) is 11.3 Å². The Bertz CT molecular complexity index is 2100. The molecule has 3 N–H and O–H groups in total. The van der Waals surface area contributed by atoms with Crippen molar-refractivity contribution in [1.82, 2.24) is 20.2 Å². The van der Waals surface area contributed by atoms with Gasteiger partial charge in [0.15, 0.2) is 5.82 Å². The molecule has 5 heterocycles. The van der Waals surface area contributed by atoms with Crippen molar-refractivity contribution in [1.29, 1.82) is 5.26 Å². The second kappa shape index (κ2) is 12.1. The van der Waals surface area contributed by atoms with E-state index in [1.165, 1.54) is 6.92 Å². The predicted octanol–water partition coefficient (Wildman–Crippen LogP) is 6.80. The fraction of sp³-hybridized carbons (Fsp3) is 0.485. The maximum atomic E-state index is 17.1.